The Hall–Kier alpha value is -3.47. The van der Waals surface area contributed by atoms with Crippen LogP contribution in [0.1, 0.15) is 16.1 Å². The summed E-state index contributed by atoms with van der Waals surface area (Å²) in [6, 6.07) is 18.9. The molecule has 26 heavy (non-hydrogen) atoms. The number of anilines is 1. The zero-order chi connectivity index (χ0) is 18.1. The van der Waals surface area contributed by atoms with E-state index in [2.05, 4.69) is 15.3 Å². The van der Waals surface area contributed by atoms with E-state index in [0.29, 0.717) is 22.8 Å². The fraction of sp³-hybridized carbons (Fsp3) is 0.0952. The summed E-state index contributed by atoms with van der Waals surface area (Å²) in [5, 5.41) is 4.82. The van der Waals surface area contributed by atoms with Gasteiger partial charge in [-0.2, -0.15) is 0 Å². The van der Waals surface area contributed by atoms with Gasteiger partial charge in [0.25, 0.3) is 5.91 Å². The molecule has 0 unspecified atom stereocenters. The van der Waals surface area contributed by atoms with E-state index in [9.17, 15) is 4.79 Å². The number of carbonyl (C=O) groups is 1. The van der Waals surface area contributed by atoms with Crippen molar-refractivity contribution in [1.29, 1.82) is 0 Å². The Morgan fingerprint density at radius 1 is 0.923 bits per heavy atom. The Bertz CT molecular complexity index is 1140. The van der Waals surface area contributed by atoms with Gasteiger partial charge in [-0.25, -0.2) is 4.98 Å². The molecule has 0 atom stereocenters. The van der Waals surface area contributed by atoms with Crippen molar-refractivity contribution in [2.24, 2.45) is 0 Å². The number of ether oxygens (including phenoxy) is 1. The first kappa shape index (κ1) is 16.0. The van der Waals surface area contributed by atoms with Crippen molar-refractivity contribution in [2.75, 3.05) is 12.4 Å². The van der Waals surface area contributed by atoms with Gasteiger partial charge in [-0.05, 0) is 43.3 Å². The van der Waals surface area contributed by atoms with Gasteiger partial charge in [0.1, 0.15) is 0 Å². The summed E-state index contributed by atoms with van der Waals surface area (Å²) in [7, 11) is 1.59. The number of methoxy groups -OCH3 is 1. The maximum atomic E-state index is 12.7. The molecule has 1 N–H and O–H groups in total. The van der Waals surface area contributed by atoms with E-state index < -0.39 is 0 Å². The van der Waals surface area contributed by atoms with Crippen molar-refractivity contribution in [3.8, 4) is 5.88 Å². The lowest BCUT2D eigenvalue weighted by molar-refractivity contribution is 0.102. The van der Waals surface area contributed by atoms with Crippen LogP contribution in [0.4, 0.5) is 5.69 Å². The average Bonchev–Trinajstić information content (AvgIpc) is 2.66. The number of aromatic nitrogens is 2. The van der Waals surface area contributed by atoms with Crippen LogP contribution in [-0.2, 0) is 0 Å². The second-order valence-electron chi connectivity index (χ2n) is 6.03. The molecule has 0 saturated carbocycles. The standard InChI is InChI=1S/C21H17N3O2/c1-13-17(12-14-5-3-4-6-18(14)22-13)21(25)23-16-8-9-19-15(11-16)7-10-20(24-19)26-2/h3-12H,1-2H3,(H,23,25). The number of hydrogen-bond donors (Lipinski definition) is 1. The molecule has 128 valence electrons. The molecule has 4 aromatic rings. The molecule has 2 heterocycles. The second kappa shape index (κ2) is 6.44. The minimum atomic E-state index is -0.179. The van der Waals surface area contributed by atoms with Crippen LogP contribution in [0, 0.1) is 6.92 Å². The first-order valence-corrected chi connectivity index (χ1v) is 8.26. The molecule has 1 amide bonds. The summed E-state index contributed by atoms with van der Waals surface area (Å²) in [4.78, 5) is 21.6. The lowest BCUT2D eigenvalue weighted by Gasteiger charge is -2.10. The van der Waals surface area contributed by atoms with Gasteiger partial charge in [0.05, 0.1) is 29.4 Å². The summed E-state index contributed by atoms with van der Waals surface area (Å²) in [5.74, 6) is 0.383. The molecule has 0 spiro atoms. The molecule has 0 radical (unpaired) electrons. The van der Waals surface area contributed by atoms with Crippen LogP contribution in [0.2, 0.25) is 0 Å². The van der Waals surface area contributed by atoms with Gasteiger partial charge in [-0.1, -0.05) is 18.2 Å². The molecule has 0 aliphatic carbocycles. The Morgan fingerprint density at radius 3 is 2.54 bits per heavy atom. The van der Waals surface area contributed by atoms with E-state index in [-0.39, 0.29) is 5.91 Å². The minimum absolute atomic E-state index is 0.179. The second-order valence-corrected chi connectivity index (χ2v) is 6.03. The van der Waals surface area contributed by atoms with E-state index in [4.69, 9.17) is 4.74 Å². The highest BCUT2D eigenvalue weighted by atomic mass is 16.5. The van der Waals surface area contributed by atoms with Gasteiger partial charge < -0.3 is 10.1 Å². The van der Waals surface area contributed by atoms with E-state index in [1.165, 1.54) is 0 Å². The molecule has 0 fully saturated rings. The zero-order valence-electron chi connectivity index (χ0n) is 14.5. The van der Waals surface area contributed by atoms with E-state index in [0.717, 1.165) is 21.8 Å². The highest BCUT2D eigenvalue weighted by Crippen LogP contribution is 2.22. The number of benzene rings is 2. The molecule has 0 aliphatic rings. The topological polar surface area (TPSA) is 64.1 Å². The number of carbonyl (C=O) groups excluding carboxylic acids is 1. The van der Waals surface area contributed by atoms with Gasteiger partial charge in [0, 0.05) is 22.5 Å². The number of pyridine rings is 2. The Labute approximate surface area is 150 Å². The van der Waals surface area contributed by atoms with Crippen LogP contribution < -0.4 is 10.1 Å². The first-order chi connectivity index (χ1) is 12.6. The predicted molar refractivity (Wildman–Crippen MR) is 103 cm³/mol. The third kappa shape index (κ3) is 2.95. The number of fused-ring (bicyclic) bond motifs is 2. The molecular formula is C21H17N3O2. The maximum absolute atomic E-state index is 12.7. The van der Waals surface area contributed by atoms with Crippen molar-refractivity contribution < 1.29 is 9.53 Å². The monoisotopic (exact) mass is 343 g/mol. The lowest BCUT2D eigenvalue weighted by Crippen LogP contribution is -2.14. The quantitative estimate of drug-likeness (QED) is 0.600. The Morgan fingerprint density at radius 2 is 1.69 bits per heavy atom. The zero-order valence-corrected chi connectivity index (χ0v) is 14.5. The van der Waals surface area contributed by atoms with Crippen LogP contribution in [0.5, 0.6) is 5.88 Å². The molecule has 4 rings (SSSR count). The minimum Gasteiger partial charge on any atom is -0.481 e. The fourth-order valence-corrected chi connectivity index (χ4v) is 2.94. The Kier molecular flexibility index (Phi) is 3.97. The third-order valence-corrected chi connectivity index (χ3v) is 4.29. The summed E-state index contributed by atoms with van der Waals surface area (Å²) in [5.41, 5.74) is 3.67. The van der Waals surface area contributed by atoms with Gasteiger partial charge in [-0.15, -0.1) is 0 Å². The normalized spacial score (nSPS) is 10.8. The lowest BCUT2D eigenvalue weighted by atomic mass is 10.1. The number of aryl methyl sites for hydroxylation is 1. The number of hydrogen-bond acceptors (Lipinski definition) is 4. The van der Waals surface area contributed by atoms with Crippen LogP contribution in [0.15, 0.2) is 60.7 Å². The number of para-hydroxylation sites is 1. The molecule has 5 heteroatoms. The number of rotatable bonds is 3. The predicted octanol–water partition coefficient (Wildman–Crippen LogP) is 4.35. The van der Waals surface area contributed by atoms with Gasteiger partial charge in [0.15, 0.2) is 0 Å². The largest absolute Gasteiger partial charge is 0.481 e. The Balaban J connectivity index is 1.65. The molecule has 0 saturated heterocycles. The van der Waals surface area contributed by atoms with Crippen LogP contribution in [0.25, 0.3) is 21.8 Å². The van der Waals surface area contributed by atoms with Gasteiger partial charge in [0.2, 0.25) is 5.88 Å². The van der Waals surface area contributed by atoms with Crippen LogP contribution in [0.3, 0.4) is 0 Å². The molecular weight excluding hydrogens is 326 g/mol. The van der Waals surface area contributed by atoms with Crippen molar-refractivity contribution >= 4 is 33.4 Å². The van der Waals surface area contributed by atoms with Crippen molar-refractivity contribution in [3.63, 3.8) is 0 Å². The smallest absolute Gasteiger partial charge is 0.257 e. The molecule has 2 aromatic carbocycles. The van der Waals surface area contributed by atoms with Gasteiger partial charge in [-0.3, -0.25) is 9.78 Å². The van der Waals surface area contributed by atoms with Gasteiger partial charge >= 0.3 is 0 Å². The third-order valence-electron chi connectivity index (χ3n) is 4.29. The molecule has 0 bridgehead atoms. The van der Waals surface area contributed by atoms with Crippen molar-refractivity contribution in [3.05, 3.63) is 71.9 Å². The van der Waals surface area contributed by atoms with Crippen molar-refractivity contribution in [2.45, 2.75) is 6.92 Å². The van der Waals surface area contributed by atoms with Crippen molar-refractivity contribution in [1.82, 2.24) is 9.97 Å². The number of amides is 1. The molecule has 0 aliphatic heterocycles. The van der Waals surface area contributed by atoms with E-state index in [1.807, 2.05) is 61.5 Å². The average molecular weight is 343 g/mol. The van der Waals surface area contributed by atoms with E-state index >= 15 is 0 Å². The summed E-state index contributed by atoms with van der Waals surface area (Å²) >= 11 is 0. The number of nitrogens with zero attached hydrogens (tertiary/aromatic N) is 2. The van der Waals surface area contributed by atoms with Crippen LogP contribution in [-0.4, -0.2) is 23.0 Å². The first-order valence-electron chi connectivity index (χ1n) is 8.26. The molecule has 5 nitrogen and oxygen atoms in total. The fourth-order valence-electron chi connectivity index (χ4n) is 2.94. The highest BCUT2D eigenvalue weighted by Gasteiger charge is 2.12. The van der Waals surface area contributed by atoms with E-state index in [1.54, 1.807) is 13.2 Å². The summed E-state index contributed by atoms with van der Waals surface area (Å²) in [6.07, 6.45) is 0. The molecule has 2 aromatic heterocycles. The number of nitrogens with one attached hydrogen (secondary N) is 1. The summed E-state index contributed by atoms with van der Waals surface area (Å²) < 4.78 is 5.14. The highest BCUT2D eigenvalue weighted by molar-refractivity contribution is 6.07. The van der Waals surface area contributed by atoms with Crippen LogP contribution >= 0.6 is 0 Å². The SMILES string of the molecule is COc1ccc2cc(NC(=O)c3cc4ccccc4nc3C)ccc2n1. The maximum Gasteiger partial charge on any atom is 0.257 e. The summed E-state index contributed by atoms with van der Waals surface area (Å²) in [6.45, 7) is 1.85.